The number of aromatic nitrogens is 1. The highest BCUT2D eigenvalue weighted by Gasteiger charge is 2.40. The summed E-state index contributed by atoms with van der Waals surface area (Å²) in [5, 5.41) is 12.1. The number of likely N-dealkylation sites (tertiary alicyclic amines) is 1. The number of methoxy groups -OCH3 is 1. The molecule has 0 spiro atoms. The number of aliphatic carboxylic acids is 1. The summed E-state index contributed by atoms with van der Waals surface area (Å²) in [7, 11) is 1.68. The standard InChI is InChI=1S/C27H38N2O3S/c1-20-19-28-25-10-9-21(32-2)18-24(25)23(20)8-5-11-27(26(30)31)12-14-29(15-13-27)16-17-33-22-6-3-4-7-22/h9-10,18-19,22H,3-8,11-17H2,1-2H3,(H,30,31). The molecule has 1 N–H and O–H groups in total. The van der Waals surface area contributed by atoms with E-state index in [0.29, 0.717) is 0 Å². The molecule has 0 unspecified atom stereocenters. The van der Waals surface area contributed by atoms with E-state index in [0.717, 1.165) is 79.2 Å². The number of benzene rings is 1. The lowest BCUT2D eigenvalue weighted by Gasteiger charge is -2.39. The summed E-state index contributed by atoms with van der Waals surface area (Å²) in [4.78, 5) is 19.4. The van der Waals surface area contributed by atoms with Gasteiger partial charge in [-0.05, 0) is 94.3 Å². The molecule has 4 rings (SSSR count). The smallest absolute Gasteiger partial charge is 0.309 e. The van der Waals surface area contributed by atoms with Crippen molar-refractivity contribution in [2.45, 2.75) is 70.0 Å². The number of hydrogen-bond acceptors (Lipinski definition) is 5. The van der Waals surface area contributed by atoms with E-state index in [9.17, 15) is 9.90 Å². The van der Waals surface area contributed by atoms with Crippen molar-refractivity contribution < 1.29 is 14.6 Å². The number of ether oxygens (including phenoxy) is 1. The average molecular weight is 471 g/mol. The number of carboxylic acid groups (broad SMARTS) is 1. The predicted octanol–water partition coefficient (Wildman–Crippen LogP) is 5.72. The number of nitrogens with zero attached hydrogens (tertiary/aromatic N) is 2. The number of rotatable bonds is 10. The zero-order valence-corrected chi connectivity index (χ0v) is 21.0. The lowest BCUT2D eigenvalue weighted by atomic mass is 9.74. The van der Waals surface area contributed by atoms with Crippen LogP contribution in [0.4, 0.5) is 0 Å². The molecular formula is C27H38N2O3S. The molecule has 5 nitrogen and oxygen atoms in total. The maximum atomic E-state index is 12.3. The molecule has 2 heterocycles. The van der Waals surface area contributed by atoms with Gasteiger partial charge < -0.3 is 14.7 Å². The number of piperidine rings is 1. The van der Waals surface area contributed by atoms with Crippen molar-refractivity contribution in [3.05, 3.63) is 35.5 Å². The molecule has 33 heavy (non-hydrogen) atoms. The molecule has 1 aliphatic carbocycles. The van der Waals surface area contributed by atoms with Gasteiger partial charge in [0.25, 0.3) is 0 Å². The van der Waals surface area contributed by atoms with E-state index in [2.05, 4.69) is 34.6 Å². The molecule has 2 fully saturated rings. The Hall–Kier alpha value is -1.79. The van der Waals surface area contributed by atoms with Crippen LogP contribution in [-0.2, 0) is 11.2 Å². The molecule has 6 heteroatoms. The Labute approximate surface area is 202 Å². The zero-order valence-electron chi connectivity index (χ0n) is 20.1. The van der Waals surface area contributed by atoms with Gasteiger partial charge in [0.15, 0.2) is 0 Å². The van der Waals surface area contributed by atoms with Crippen LogP contribution in [0.15, 0.2) is 24.4 Å². The van der Waals surface area contributed by atoms with Gasteiger partial charge in [0.05, 0.1) is 18.0 Å². The topological polar surface area (TPSA) is 62.7 Å². The Kier molecular flexibility index (Phi) is 8.18. The first-order valence-electron chi connectivity index (χ1n) is 12.5. The van der Waals surface area contributed by atoms with Crippen LogP contribution in [-0.4, -0.2) is 58.7 Å². The SMILES string of the molecule is COc1ccc2ncc(C)c(CCCC3(C(=O)O)CCN(CCSC4CCCC4)CC3)c2c1. The Morgan fingerprint density at radius 2 is 2.03 bits per heavy atom. The lowest BCUT2D eigenvalue weighted by Crippen LogP contribution is -2.45. The molecule has 0 amide bonds. The van der Waals surface area contributed by atoms with E-state index in [1.54, 1.807) is 7.11 Å². The van der Waals surface area contributed by atoms with Crippen LogP contribution in [0.5, 0.6) is 5.75 Å². The molecule has 1 aromatic carbocycles. The van der Waals surface area contributed by atoms with Crippen molar-refractivity contribution >= 4 is 28.6 Å². The number of hydrogen-bond donors (Lipinski definition) is 1. The van der Waals surface area contributed by atoms with Crippen molar-refractivity contribution in [3.8, 4) is 5.75 Å². The largest absolute Gasteiger partial charge is 0.497 e. The quantitative estimate of drug-likeness (QED) is 0.479. The van der Waals surface area contributed by atoms with E-state index in [1.165, 1.54) is 37.0 Å². The number of carbonyl (C=O) groups is 1. The molecule has 1 aliphatic heterocycles. The van der Waals surface area contributed by atoms with Crippen LogP contribution in [0.25, 0.3) is 10.9 Å². The minimum Gasteiger partial charge on any atom is -0.497 e. The van der Waals surface area contributed by atoms with Crippen LogP contribution in [0.2, 0.25) is 0 Å². The van der Waals surface area contributed by atoms with Gasteiger partial charge in [0.2, 0.25) is 0 Å². The lowest BCUT2D eigenvalue weighted by molar-refractivity contribution is -0.152. The van der Waals surface area contributed by atoms with E-state index < -0.39 is 11.4 Å². The maximum absolute atomic E-state index is 12.3. The average Bonchev–Trinajstić information content (AvgIpc) is 3.34. The zero-order chi connectivity index (χ0) is 23.3. The third-order valence-corrected chi connectivity index (χ3v) is 9.18. The molecule has 2 aliphatic rings. The van der Waals surface area contributed by atoms with E-state index in [1.807, 2.05) is 18.3 Å². The third-order valence-electron chi connectivity index (χ3n) is 7.81. The fourth-order valence-electron chi connectivity index (χ4n) is 5.57. The Bertz CT molecular complexity index is 950. The number of pyridine rings is 1. The molecule has 180 valence electrons. The summed E-state index contributed by atoms with van der Waals surface area (Å²) in [6.45, 7) is 5.01. The first-order valence-corrected chi connectivity index (χ1v) is 13.6. The van der Waals surface area contributed by atoms with E-state index >= 15 is 0 Å². The van der Waals surface area contributed by atoms with Gasteiger partial charge in [0.1, 0.15) is 5.75 Å². The Morgan fingerprint density at radius 1 is 1.27 bits per heavy atom. The second-order valence-electron chi connectivity index (χ2n) is 9.86. The molecule has 0 atom stereocenters. The van der Waals surface area contributed by atoms with Crippen molar-refractivity contribution in [3.63, 3.8) is 0 Å². The Morgan fingerprint density at radius 3 is 2.73 bits per heavy atom. The molecule has 0 bridgehead atoms. The highest BCUT2D eigenvalue weighted by atomic mass is 32.2. The monoisotopic (exact) mass is 470 g/mol. The number of thioether (sulfide) groups is 1. The van der Waals surface area contributed by atoms with E-state index in [4.69, 9.17) is 4.74 Å². The van der Waals surface area contributed by atoms with Crippen molar-refractivity contribution in [1.29, 1.82) is 0 Å². The Balaban J connectivity index is 1.33. The molecular weight excluding hydrogens is 432 g/mol. The summed E-state index contributed by atoms with van der Waals surface area (Å²) >= 11 is 2.13. The summed E-state index contributed by atoms with van der Waals surface area (Å²) in [5.74, 6) is 1.40. The first kappa shape index (κ1) is 24.3. The second kappa shape index (κ2) is 11.1. The van der Waals surface area contributed by atoms with Gasteiger partial charge in [-0.2, -0.15) is 11.8 Å². The summed E-state index contributed by atoms with van der Waals surface area (Å²) < 4.78 is 5.42. The fraction of sp³-hybridized carbons (Fsp3) is 0.630. The second-order valence-corrected chi connectivity index (χ2v) is 11.3. The molecule has 1 saturated carbocycles. The highest BCUT2D eigenvalue weighted by Crippen LogP contribution is 2.38. The van der Waals surface area contributed by atoms with Crippen molar-refractivity contribution in [2.24, 2.45) is 5.41 Å². The normalized spacial score (nSPS) is 19.2. The minimum absolute atomic E-state index is 0.580. The van der Waals surface area contributed by atoms with Gasteiger partial charge in [-0.3, -0.25) is 9.78 Å². The molecule has 2 aromatic rings. The van der Waals surface area contributed by atoms with Crippen LogP contribution in [0.1, 0.15) is 62.5 Å². The first-order chi connectivity index (χ1) is 16.0. The van der Waals surface area contributed by atoms with Gasteiger partial charge in [-0.1, -0.05) is 12.8 Å². The molecule has 1 aromatic heterocycles. The van der Waals surface area contributed by atoms with Gasteiger partial charge in [-0.25, -0.2) is 0 Å². The maximum Gasteiger partial charge on any atom is 0.309 e. The van der Waals surface area contributed by atoms with Crippen molar-refractivity contribution in [1.82, 2.24) is 9.88 Å². The predicted molar refractivity (Wildman–Crippen MR) is 136 cm³/mol. The number of aryl methyl sites for hydroxylation is 2. The summed E-state index contributed by atoms with van der Waals surface area (Å²) in [5.41, 5.74) is 2.81. The van der Waals surface area contributed by atoms with Crippen LogP contribution in [0.3, 0.4) is 0 Å². The van der Waals surface area contributed by atoms with Crippen molar-refractivity contribution in [2.75, 3.05) is 32.5 Å². The number of carboxylic acids is 1. The molecule has 1 saturated heterocycles. The molecule has 0 radical (unpaired) electrons. The third kappa shape index (κ3) is 5.83. The summed E-state index contributed by atoms with van der Waals surface area (Å²) in [6.07, 6.45) is 11.5. The minimum atomic E-state index is -0.611. The van der Waals surface area contributed by atoms with Gasteiger partial charge in [0, 0.05) is 29.1 Å². The van der Waals surface area contributed by atoms with E-state index in [-0.39, 0.29) is 0 Å². The van der Waals surface area contributed by atoms with Gasteiger partial charge >= 0.3 is 5.97 Å². The summed E-state index contributed by atoms with van der Waals surface area (Å²) in [6, 6.07) is 5.99. The fourth-order valence-corrected chi connectivity index (χ4v) is 6.93. The van der Waals surface area contributed by atoms with Crippen LogP contribution >= 0.6 is 11.8 Å². The van der Waals surface area contributed by atoms with Gasteiger partial charge in [-0.15, -0.1) is 0 Å². The van der Waals surface area contributed by atoms with Crippen LogP contribution < -0.4 is 4.74 Å². The highest BCUT2D eigenvalue weighted by molar-refractivity contribution is 7.99. The number of fused-ring (bicyclic) bond motifs is 1. The van der Waals surface area contributed by atoms with Crippen LogP contribution in [0, 0.1) is 12.3 Å².